The molecule has 1 heterocycles. The Kier molecular flexibility index (Phi) is 4.87. The summed E-state index contributed by atoms with van der Waals surface area (Å²) in [5, 5.41) is 5.85. The lowest BCUT2D eigenvalue weighted by molar-refractivity contribution is 0.0944. The van der Waals surface area contributed by atoms with Crippen LogP contribution in [0.4, 0.5) is 8.78 Å². The van der Waals surface area contributed by atoms with Crippen molar-refractivity contribution in [1.29, 1.82) is 0 Å². The van der Waals surface area contributed by atoms with Crippen LogP contribution in [0.5, 0.6) is 0 Å². The quantitative estimate of drug-likeness (QED) is 0.889. The van der Waals surface area contributed by atoms with Crippen molar-refractivity contribution >= 4 is 21.8 Å². The third kappa shape index (κ3) is 3.73. The zero-order valence-electron chi connectivity index (χ0n) is 10.3. The predicted octanol–water partition coefficient (Wildman–Crippen LogP) is 2.60. The van der Waals surface area contributed by atoms with Crippen molar-refractivity contribution in [3.63, 3.8) is 0 Å². The molecule has 0 bridgehead atoms. The maximum Gasteiger partial charge on any atom is 0.257 e. The molecule has 19 heavy (non-hydrogen) atoms. The molecule has 1 saturated heterocycles. The van der Waals surface area contributed by atoms with Crippen LogP contribution in [0.2, 0.25) is 0 Å². The Hall–Kier alpha value is -1.01. The first-order chi connectivity index (χ1) is 9.08. The first-order valence-corrected chi connectivity index (χ1v) is 7.03. The molecule has 0 spiro atoms. The number of hydrogen-bond acceptors (Lipinski definition) is 2. The highest BCUT2D eigenvalue weighted by atomic mass is 79.9. The zero-order chi connectivity index (χ0) is 13.8. The summed E-state index contributed by atoms with van der Waals surface area (Å²) in [6.07, 6.45) is 2.98. The monoisotopic (exact) mass is 332 g/mol. The topological polar surface area (TPSA) is 41.1 Å². The fraction of sp³-hybridized carbons (Fsp3) is 0.462. The second-order valence-corrected chi connectivity index (χ2v) is 5.50. The van der Waals surface area contributed by atoms with E-state index in [4.69, 9.17) is 0 Å². The molecule has 0 radical (unpaired) electrons. The van der Waals surface area contributed by atoms with Gasteiger partial charge in [0.1, 0.15) is 17.2 Å². The molecule has 3 nitrogen and oxygen atoms in total. The normalized spacial score (nSPS) is 18.6. The fourth-order valence-corrected chi connectivity index (χ4v) is 2.61. The van der Waals surface area contributed by atoms with Crippen LogP contribution in [-0.2, 0) is 0 Å². The van der Waals surface area contributed by atoms with Gasteiger partial charge in [-0.2, -0.15) is 0 Å². The van der Waals surface area contributed by atoms with Gasteiger partial charge in [0.15, 0.2) is 0 Å². The molecule has 1 amide bonds. The van der Waals surface area contributed by atoms with Gasteiger partial charge in [0.2, 0.25) is 0 Å². The summed E-state index contributed by atoms with van der Waals surface area (Å²) in [6, 6.07) is 2.55. The standard InChI is InChI=1S/C13H15BrF2N2O/c14-8-6-10(15)12(11(16)7-8)13(19)18-5-3-9-2-1-4-17-9/h6-7,9,17H,1-5H2,(H,18,19)/t9-/m0/s1. The second-order valence-electron chi connectivity index (χ2n) is 4.58. The van der Waals surface area contributed by atoms with E-state index >= 15 is 0 Å². The lowest BCUT2D eigenvalue weighted by atomic mass is 10.1. The second kappa shape index (κ2) is 6.43. The fourth-order valence-electron chi connectivity index (χ4n) is 2.21. The van der Waals surface area contributed by atoms with E-state index in [0.29, 0.717) is 12.6 Å². The summed E-state index contributed by atoms with van der Waals surface area (Å²) in [4.78, 5) is 11.7. The van der Waals surface area contributed by atoms with Crippen LogP contribution in [0.25, 0.3) is 0 Å². The summed E-state index contributed by atoms with van der Waals surface area (Å²) in [6.45, 7) is 1.40. The van der Waals surface area contributed by atoms with Gasteiger partial charge in [-0.15, -0.1) is 0 Å². The highest BCUT2D eigenvalue weighted by Crippen LogP contribution is 2.19. The Morgan fingerprint density at radius 1 is 1.42 bits per heavy atom. The molecule has 0 saturated carbocycles. The highest BCUT2D eigenvalue weighted by Gasteiger charge is 2.19. The largest absolute Gasteiger partial charge is 0.352 e. The minimum Gasteiger partial charge on any atom is -0.352 e. The molecule has 0 aliphatic carbocycles. The van der Waals surface area contributed by atoms with E-state index < -0.39 is 23.1 Å². The molecule has 1 atom stereocenters. The lowest BCUT2D eigenvalue weighted by Crippen LogP contribution is -2.31. The van der Waals surface area contributed by atoms with Gasteiger partial charge in [-0.05, 0) is 37.9 Å². The van der Waals surface area contributed by atoms with Gasteiger partial charge in [0.05, 0.1) is 0 Å². The smallest absolute Gasteiger partial charge is 0.257 e. The molecule has 1 aromatic rings. The zero-order valence-corrected chi connectivity index (χ0v) is 11.9. The van der Waals surface area contributed by atoms with E-state index in [-0.39, 0.29) is 4.47 Å². The average Bonchev–Trinajstić information content (AvgIpc) is 2.80. The van der Waals surface area contributed by atoms with Crippen LogP contribution < -0.4 is 10.6 Å². The van der Waals surface area contributed by atoms with Crippen LogP contribution in [0.15, 0.2) is 16.6 Å². The lowest BCUT2D eigenvalue weighted by Gasteiger charge is -2.11. The first kappa shape index (κ1) is 14.4. The number of carbonyl (C=O) groups is 1. The highest BCUT2D eigenvalue weighted by molar-refractivity contribution is 9.10. The van der Waals surface area contributed by atoms with Crippen molar-refractivity contribution in [2.45, 2.75) is 25.3 Å². The Morgan fingerprint density at radius 2 is 2.11 bits per heavy atom. The van der Waals surface area contributed by atoms with E-state index in [9.17, 15) is 13.6 Å². The van der Waals surface area contributed by atoms with Crippen molar-refractivity contribution in [3.8, 4) is 0 Å². The van der Waals surface area contributed by atoms with E-state index in [0.717, 1.165) is 37.9 Å². The molecule has 1 fully saturated rings. The summed E-state index contributed by atoms with van der Waals surface area (Å²) >= 11 is 2.97. The number of hydrogen-bond donors (Lipinski definition) is 2. The van der Waals surface area contributed by atoms with Crippen molar-refractivity contribution < 1.29 is 13.6 Å². The predicted molar refractivity (Wildman–Crippen MR) is 72.0 cm³/mol. The Labute approximate surface area is 118 Å². The Balaban J connectivity index is 1.92. The van der Waals surface area contributed by atoms with Crippen molar-refractivity contribution in [1.82, 2.24) is 10.6 Å². The van der Waals surface area contributed by atoms with Crippen molar-refractivity contribution in [2.24, 2.45) is 0 Å². The van der Waals surface area contributed by atoms with Gasteiger partial charge in [-0.1, -0.05) is 15.9 Å². The van der Waals surface area contributed by atoms with Gasteiger partial charge < -0.3 is 10.6 Å². The first-order valence-electron chi connectivity index (χ1n) is 6.24. The average molecular weight is 333 g/mol. The number of halogens is 3. The molecule has 1 aliphatic heterocycles. The molecule has 0 aromatic heterocycles. The summed E-state index contributed by atoms with van der Waals surface area (Å²) in [5.74, 6) is -2.42. The Bertz CT molecular complexity index is 453. The third-order valence-corrected chi connectivity index (χ3v) is 3.63. The van der Waals surface area contributed by atoms with Crippen LogP contribution in [0.1, 0.15) is 29.6 Å². The number of rotatable bonds is 4. The maximum atomic E-state index is 13.5. The van der Waals surface area contributed by atoms with Crippen LogP contribution >= 0.6 is 15.9 Å². The molecule has 2 rings (SSSR count). The third-order valence-electron chi connectivity index (χ3n) is 3.17. The van der Waals surface area contributed by atoms with Crippen molar-refractivity contribution in [3.05, 3.63) is 33.8 Å². The van der Waals surface area contributed by atoms with Gasteiger partial charge in [-0.3, -0.25) is 4.79 Å². The van der Waals surface area contributed by atoms with Gasteiger partial charge in [-0.25, -0.2) is 8.78 Å². The summed E-state index contributed by atoms with van der Waals surface area (Å²) in [5.41, 5.74) is -0.525. The molecule has 0 unspecified atom stereocenters. The van der Waals surface area contributed by atoms with Crippen LogP contribution in [0, 0.1) is 11.6 Å². The van der Waals surface area contributed by atoms with Crippen LogP contribution in [-0.4, -0.2) is 25.0 Å². The van der Waals surface area contributed by atoms with E-state index in [1.807, 2.05) is 0 Å². The van der Waals surface area contributed by atoms with Gasteiger partial charge in [0.25, 0.3) is 5.91 Å². The number of nitrogens with one attached hydrogen (secondary N) is 2. The van der Waals surface area contributed by atoms with E-state index in [1.165, 1.54) is 0 Å². The number of benzene rings is 1. The SMILES string of the molecule is O=C(NCC[C@@H]1CCCN1)c1c(F)cc(Br)cc1F. The maximum absolute atomic E-state index is 13.5. The minimum absolute atomic E-state index is 0.272. The van der Waals surface area contributed by atoms with E-state index in [2.05, 4.69) is 26.6 Å². The molecule has 104 valence electrons. The summed E-state index contributed by atoms with van der Waals surface area (Å²) in [7, 11) is 0. The number of carbonyl (C=O) groups excluding carboxylic acids is 1. The van der Waals surface area contributed by atoms with Crippen molar-refractivity contribution in [2.75, 3.05) is 13.1 Å². The minimum atomic E-state index is -0.858. The Morgan fingerprint density at radius 3 is 2.68 bits per heavy atom. The summed E-state index contributed by atoms with van der Waals surface area (Å²) < 4.78 is 27.4. The molecule has 2 N–H and O–H groups in total. The van der Waals surface area contributed by atoms with Gasteiger partial charge in [0, 0.05) is 17.1 Å². The van der Waals surface area contributed by atoms with Crippen LogP contribution in [0.3, 0.4) is 0 Å². The molecular formula is C13H15BrF2N2O. The number of amides is 1. The molecule has 6 heteroatoms. The molecule has 1 aromatic carbocycles. The van der Waals surface area contributed by atoms with E-state index in [1.54, 1.807) is 0 Å². The molecular weight excluding hydrogens is 318 g/mol. The van der Waals surface area contributed by atoms with Gasteiger partial charge >= 0.3 is 0 Å². The molecule has 1 aliphatic rings.